The van der Waals surface area contributed by atoms with Crippen molar-refractivity contribution in [1.29, 1.82) is 0 Å². The molecule has 0 fully saturated rings. The number of rotatable bonds is 24. The number of amides is 3. The summed E-state index contributed by atoms with van der Waals surface area (Å²) < 4.78 is 10.1. The number of aldehydes is 1. The molecule has 0 aromatic rings. The third-order valence-electron chi connectivity index (χ3n) is 4.43. The molecule has 13 heteroatoms. The number of hydrogen-bond acceptors (Lipinski definition) is 10. The van der Waals surface area contributed by atoms with Crippen molar-refractivity contribution in [2.24, 2.45) is 0 Å². The van der Waals surface area contributed by atoms with Gasteiger partial charge in [-0.05, 0) is 24.5 Å². The number of nitrogens with one attached hydrogen (secondary N) is 3. The van der Waals surface area contributed by atoms with Crippen LogP contribution in [0.1, 0.15) is 53.9 Å². The molecule has 0 radical (unpaired) electrons. The summed E-state index contributed by atoms with van der Waals surface area (Å²) in [7, 11) is 1.99. The van der Waals surface area contributed by atoms with E-state index in [0.717, 1.165) is 25.3 Å². The molecule has 0 rings (SSSR count). The fourth-order valence-electron chi connectivity index (χ4n) is 2.47. The molecule has 0 aliphatic carbocycles. The van der Waals surface area contributed by atoms with E-state index >= 15 is 0 Å². The first-order chi connectivity index (χ1) is 19.3. The van der Waals surface area contributed by atoms with Crippen LogP contribution in [0.3, 0.4) is 0 Å². The van der Waals surface area contributed by atoms with Gasteiger partial charge in [0.1, 0.15) is 6.29 Å². The van der Waals surface area contributed by atoms with Crippen molar-refractivity contribution < 1.29 is 33.8 Å². The molecule has 0 bridgehead atoms. The van der Waals surface area contributed by atoms with E-state index in [1.54, 1.807) is 23.5 Å². The molecule has 0 atom stereocenters. The molecule has 0 aliphatic rings. The lowest BCUT2D eigenvalue weighted by molar-refractivity contribution is -0.122. The van der Waals surface area contributed by atoms with Crippen LogP contribution in [0.4, 0.5) is 0 Å². The number of aliphatic hydroxyl groups is 1. The number of hydrogen-bond donors (Lipinski definition) is 4. The van der Waals surface area contributed by atoms with E-state index in [0.29, 0.717) is 69.1 Å². The zero-order valence-electron chi connectivity index (χ0n) is 25.6. The standard InChI is InChI=1S/C15H31N3O2S2.C10H19NO5.C2H6/c1-5-10-21-11-14(19)16-6-8-18(4)9-7-17-15(20)12-22-13(2)3;12-4-1-2-10(14)11-3-6-15-8-9-16-7-5-13;1-2/h13H,5-12H2,1-4H3,(H,16,19)(H,17,20);4,13H,1-3,5-9H2,(H,11,14);1-2H3. The molecule has 0 saturated heterocycles. The Balaban J connectivity index is -0.000000673. The average Bonchev–Trinajstić information content (AvgIpc) is 2.93. The highest BCUT2D eigenvalue weighted by Gasteiger charge is 2.05. The maximum absolute atomic E-state index is 11.5. The van der Waals surface area contributed by atoms with Crippen molar-refractivity contribution in [2.45, 2.75) is 59.1 Å². The molecule has 0 saturated carbocycles. The number of ether oxygens (including phenoxy) is 2. The van der Waals surface area contributed by atoms with Gasteiger partial charge in [0.2, 0.25) is 17.7 Å². The molecule has 238 valence electrons. The Labute approximate surface area is 251 Å². The minimum absolute atomic E-state index is 0.00674. The third kappa shape index (κ3) is 38.8. The number of carbonyl (C=O) groups is 4. The maximum atomic E-state index is 11.5. The summed E-state index contributed by atoms with van der Waals surface area (Å²) in [6.45, 7) is 15.2. The SMILES string of the molecule is CC.CCCSCC(=O)NCCN(C)CCNC(=O)CSC(C)C.O=CCCC(=O)NCCOCCOCCO. The Morgan fingerprint density at radius 2 is 1.43 bits per heavy atom. The number of thioether (sulfide) groups is 2. The van der Waals surface area contributed by atoms with Crippen molar-refractivity contribution >= 4 is 47.5 Å². The molecule has 0 aliphatic heterocycles. The first kappa shape index (κ1) is 43.1. The molecule has 40 heavy (non-hydrogen) atoms. The molecule has 0 heterocycles. The summed E-state index contributed by atoms with van der Waals surface area (Å²) >= 11 is 3.32. The van der Waals surface area contributed by atoms with Crippen molar-refractivity contribution in [2.75, 3.05) is 90.1 Å². The van der Waals surface area contributed by atoms with Crippen LogP contribution in [0, 0.1) is 0 Å². The summed E-state index contributed by atoms with van der Waals surface area (Å²) in [5.74, 6) is 2.14. The minimum atomic E-state index is -0.146. The van der Waals surface area contributed by atoms with Gasteiger partial charge >= 0.3 is 0 Å². The summed E-state index contributed by atoms with van der Waals surface area (Å²) in [5.41, 5.74) is 0. The third-order valence-corrected chi connectivity index (χ3v) is 6.68. The van der Waals surface area contributed by atoms with Gasteiger partial charge in [0.25, 0.3) is 0 Å². The second kappa shape index (κ2) is 35.6. The highest BCUT2D eigenvalue weighted by Crippen LogP contribution is 2.07. The topological polar surface area (TPSA) is 146 Å². The zero-order valence-corrected chi connectivity index (χ0v) is 27.3. The van der Waals surface area contributed by atoms with Crippen LogP contribution in [0.15, 0.2) is 0 Å². The van der Waals surface area contributed by atoms with E-state index < -0.39 is 0 Å². The fourth-order valence-corrected chi connectivity index (χ4v) is 3.77. The Bertz CT molecular complexity index is 603. The quantitative estimate of drug-likeness (QED) is 0.0936. The second-order valence-electron chi connectivity index (χ2n) is 8.42. The largest absolute Gasteiger partial charge is 0.394 e. The van der Waals surface area contributed by atoms with Crippen LogP contribution in [0.2, 0.25) is 0 Å². The van der Waals surface area contributed by atoms with Crippen LogP contribution in [-0.2, 0) is 28.7 Å². The lowest BCUT2D eigenvalue weighted by Gasteiger charge is -2.17. The highest BCUT2D eigenvalue weighted by atomic mass is 32.2. The first-order valence-corrected chi connectivity index (χ1v) is 16.3. The van der Waals surface area contributed by atoms with Crippen LogP contribution in [0.5, 0.6) is 0 Å². The Hall–Kier alpha value is -1.38. The number of aliphatic hydroxyl groups excluding tert-OH is 1. The van der Waals surface area contributed by atoms with E-state index in [1.165, 1.54) is 0 Å². The minimum Gasteiger partial charge on any atom is -0.394 e. The van der Waals surface area contributed by atoms with E-state index in [9.17, 15) is 19.2 Å². The van der Waals surface area contributed by atoms with E-state index in [-0.39, 0.29) is 37.2 Å². The second-order valence-corrected chi connectivity index (χ2v) is 11.1. The van der Waals surface area contributed by atoms with Gasteiger partial charge < -0.3 is 40.2 Å². The van der Waals surface area contributed by atoms with Crippen LogP contribution < -0.4 is 16.0 Å². The van der Waals surface area contributed by atoms with E-state index in [2.05, 4.69) is 41.6 Å². The Morgan fingerprint density at radius 3 is 1.95 bits per heavy atom. The van der Waals surface area contributed by atoms with Gasteiger partial charge in [0.15, 0.2) is 0 Å². The normalized spacial score (nSPS) is 10.2. The van der Waals surface area contributed by atoms with Crippen molar-refractivity contribution in [3.63, 3.8) is 0 Å². The zero-order chi connectivity index (χ0) is 30.9. The predicted molar refractivity (Wildman–Crippen MR) is 167 cm³/mol. The maximum Gasteiger partial charge on any atom is 0.230 e. The van der Waals surface area contributed by atoms with Gasteiger partial charge in [0, 0.05) is 45.6 Å². The van der Waals surface area contributed by atoms with E-state index in [1.807, 2.05) is 20.9 Å². The molecule has 0 unspecified atom stereocenters. The fraction of sp³-hybridized carbons (Fsp3) is 0.852. The smallest absolute Gasteiger partial charge is 0.230 e. The Morgan fingerprint density at radius 1 is 0.875 bits per heavy atom. The van der Waals surface area contributed by atoms with Gasteiger partial charge in [-0.3, -0.25) is 14.4 Å². The summed E-state index contributed by atoms with van der Waals surface area (Å²) in [6.07, 6.45) is 2.29. The molecular formula is C27H56N4O7S2. The Kier molecular flexibility index (Phi) is 38.4. The van der Waals surface area contributed by atoms with Gasteiger partial charge in [-0.1, -0.05) is 34.6 Å². The van der Waals surface area contributed by atoms with E-state index in [4.69, 9.17) is 14.6 Å². The molecule has 0 aromatic carbocycles. The van der Waals surface area contributed by atoms with Crippen LogP contribution in [-0.4, -0.2) is 129 Å². The average molecular weight is 613 g/mol. The first-order valence-electron chi connectivity index (χ1n) is 14.1. The van der Waals surface area contributed by atoms with Crippen molar-refractivity contribution in [3.05, 3.63) is 0 Å². The summed E-state index contributed by atoms with van der Waals surface area (Å²) in [6, 6.07) is 0. The van der Waals surface area contributed by atoms with Crippen molar-refractivity contribution in [1.82, 2.24) is 20.9 Å². The highest BCUT2D eigenvalue weighted by molar-refractivity contribution is 8.00. The molecule has 11 nitrogen and oxygen atoms in total. The van der Waals surface area contributed by atoms with Gasteiger partial charge in [-0.2, -0.15) is 11.8 Å². The summed E-state index contributed by atoms with van der Waals surface area (Å²) in [5, 5.41) is 17.3. The lowest BCUT2D eigenvalue weighted by atomic mass is 10.3. The van der Waals surface area contributed by atoms with Crippen LogP contribution >= 0.6 is 23.5 Å². The molecule has 3 amide bonds. The lowest BCUT2D eigenvalue weighted by Crippen LogP contribution is -2.38. The van der Waals surface area contributed by atoms with Gasteiger partial charge in [-0.15, -0.1) is 11.8 Å². The van der Waals surface area contributed by atoms with Crippen LogP contribution in [0.25, 0.3) is 0 Å². The number of carbonyl (C=O) groups excluding carboxylic acids is 4. The number of likely N-dealkylation sites (N-methyl/N-ethyl adjacent to an activating group) is 1. The van der Waals surface area contributed by atoms with Crippen molar-refractivity contribution in [3.8, 4) is 0 Å². The monoisotopic (exact) mass is 612 g/mol. The molecule has 4 N–H and O–H groups in total. The predicted octanol–water partition coefficient (Wildman–Crippen LogP) is 1.57. The molecule has 0 aromatic heterocycles. The molecule has 0 spiro atoms. The molecular weight excluding hydrogens is 556 g/mol. The van der Waals surface area contributed by atoms with Gasteiger partial charge in [0.05, 0.1) is 44.5 Å². The van der Waals surface area contributed by atoms with Gasteiger partial charge in [-0.25, -0.2) is 0 Å². The summed E-state index contributed by atoms with van der Waals surface area (Å²) in [4.78, 5) is 46.1. The number of nitrogens with zero attached hydrogens (tertiary/aromatic N) is 1.